The number of aromatic nitrogens is 2. The Morgan fingerprint density at radius 3 is 2.50 bits per heavy atom. The second kappa shape index (κ2) is 7.48. The van der Waals surface area contributed by atoms with Crippen LogP contribution in [0.1, 0.15) is 42.7 Å². The van der Waals surface area contributed by atoms with E-state index in [2.05, 4.69) is 37.0 Å². The highest BCUT2D eigenvalue weighted by molar-refractivity contribution is 9.11. The zero-order chi connectivity index (χ0) is 19.0. The first-order valence-corrected chi connectivity index (χ1v) is 9.77. The van der Waals surface area contributed by atoms with Crippen molar-refractivity contribution in [2.24, 2.45) is 0 Å². The molecule has 0 aliphatic heterocycles. The summed E-state index contributed by atoms with van der Waals surface area (Å²) in [5.41, 5.74) is 3.14. The maximum absolute atomic E-state index is 13.5. The highest BCUT2D eigenvalue weighted by Gasteiger charge is 2.27. The largest absolute Gasteiger partial charge is 0.462 e. The molecule has 1 aromatic carbocycles. The Morgan fingerprint density at radius 1 is 1.27 bits per heavy atom. The van der Waals surface area contributed by atoms with Gasteiger partial charge in [0.2, 0.25) is 0 Å². The normalized spacial score (nSPS) is 11.3. The lowest BCUT2D eigenvalue weighted by atomic mass is 9.94. The number of esters is 1. The van der Waals surface area contributed by atoms with Crippen LogP contribution in [0.25, 0.3) is 16.6 Å². The summed E-state index contributed by atoms with van der Waals surface area (Å²) < 4.78 is 22.0. The molecule has 26 heavy (non-hydrogen) atoms. The Kier molecular flexibility index (Phi) is 5.48. The summed E-state index contributed by atoms with van der Waals surface area (Å²) in [6.45, 7) is 5.96. The van der Waals surface area contributed by atoms with Gasteiger partial charge in [-0.1, -0.05) is 26.0 Å². The summed E-state index contributed by atoms with van der Waals surface area (Å²) in [4.78, 5) is 12.8. The van der Waals surface area contributed by atoms with Crippen molar-refractivity contribution in [3.63, 3.8) is 0 Å². The van der Waals surface area contributed by atoms with Crippen molar-refractivity contribution in [3.05, 3.63) is 56.5 Å². The molecule has 0 aliphatic rings. The van der Waals surface area contributed by atoms with E-state index in [1.165, 1.54) is 12.1 Å². The smallest absolute Gasteiger partial charge is 0.340 e. The van der Waals surface area contributed by atoms with Crippen LogP contribution in [0.5, 0.6) is 0 Å². The van der Waals surface area contributed by atoms with Crippen molar-refractivity contribution in [1.29, 1.82) is 0 Å². The Labute approximate surface area is 167 Å². The molecule has 7 heteroatoms. The van der Waals surface area contributed by atoms with E-state index < -0.39 is 5.97 Å². The molecule has 0 bridgehead atoms. The minimum atomic E-state index is -0.435. The van der Waals surface area contributed by atoms with Crippen LogP contribution < -0.4 is 0 Å². The van der Waals surface area contributed by atoms with E-state index in [1.54, 1.807) is 23.6 Å². The summed E-state index contributed by atoms with van der Waals surface area (Å²) in [5.74, 6) is -0.781. The second-order valence-corrected chi connectivity index (χ2v) is 7.76. The summed E-state index contributed by atoms with van der Waals surface area (Å²) in [5, 5.41) is 4.67. The Balaban J connectivity index is 2.48. The van der Waals surface area contributed by atoms with Gasteiger partial charge in [-0.25, -0.2) is 13.7 Å². The third kappa shape index (κ3) is 3.30. The van der Waals surface area contributed by atoms with E-state index in [0.717, 1.165) is 20.2 Å². The van der Waals surface area contributed by atoms with E-state index in [9.17, 15) is 9.18 Å². The van der Waals surface area contributed by atoms with E-state index in [0.29, 0.717) is 16.8 Å². The molecule has 0 amide bonds. The Bertz CT molecular complexity index is 982. The molecule has 0 atom stereocenters. The fraction of sp³-hybridized carbons (Fsp3) is 0.263. The van der Waals surface area contributed by atoms with Gasteiger partial charge >= 0.3 is 5.97 Å². The third-order valence-electron chi connectivity index (χ3n) is 4.00. The average Bonchev–Trinajstić information content (AvgIpc) is 2.88. The van der Waals surface area contributed by atoms with Crippen molar-refractivity contribution in [1.82, 2.24) is 9.61 Å². The molecule has 136 valence electrons. The minimum absolute atomic E-state index is 0.00826. The van der Waals surface area contributed by atoms with Gasteiger partial charge in [-0.15, -0.1) is 0 Å². The topological polar surface area (TPSA) is 43.6 Å². The molecule has 0 N–H and O–H groups in total. The Hall–Kier alpha value is -1.73. The molecule has 0 saturated carbocycles. The highest BCUT2D eigenvalue weighted by atomic mass is 79.9. The molecule has 0 fully saturated rings. The Morgan fingerprint density at radius 2 is 1.92 bits per heavy atom. The van der Waals surface area contributed by atoms with Gasteiger partial charge in [0.25, 0.3) is 0 Å². The number of hydrogen-bond acceptors (Lipinski definition) is 3. The SMILES string of the molecule is CCOC(=O)c1c(C(C)C)nn2c(Br)cc(Br)c2c1-c1ccc(F)cc1. The van der Waals surface area contributed by atoms with Crippen LogP contribution in [-0.2, 0) is 4.74 Å². The average molecular weight is 484 g/mol. The number of ether oxygens (including phenoxy) is 1. The van der Waals surface area contributed by atoms with Crippen molar-refractivity contribution in [2.45, 2.75) is 26.7 Å². The second-order valence-electron chi connectivity index (χ2n) is 6.09. The molecular formula is C19H17Br2FN2O2. The lowest BCUT2D eigenvalue weighted by Gasteiger charge is -2.18. The molecule has 3 aromatic rings. The lowest BCUT2D eigenvalue weighted by molar-refractivity contribution is 0.0524. The van der Waals surface area contributed by atoms with Crippen molar-refractivity contribution < 1.29 is 13.9 Å². The summed E-state index contributed by atoms with van der Waals surface area (Å²) >= 11 is 7.05. The van der Waals surface area contributed by atoms with Crippen molar-refractivity contribution >= 4 is 43.3 Å². The fourth-order valence-electron chi connectivity index (χ4n) is 2.88. The molecule has 0 unspecified atom stereocenters. The fourth-order valence-corrected chi connectivity index (χ4v) is 4.26. The summed E-state index contributed by atoms with van der Waals surface area (Å²) in [6, 6.07) is 7.94. The van der Waals surface area contributed by atoms with Gasteiger partial charge in [0, 0.05) is 10.0 Å². The molecule has 0 spiro atoms. The van der Waals surface area contributed by atoms with E-state index in [-0.39, 0.29) is 18.3 Å². The zero-order valence-electron chi connectivity index (χ0n) is 14.5. The number of carbonyl (C=O) groups is 1. The number of fused-ring (bicyclic) bond motifs is 1. The predicted molar refractivity (Wildman–Crippen MR) is 106 cm³/mol. The summed E-state index contributed by atoms with van der Waals surface area (Å²) in [7, 11) is 0. The van der Waals surface area contributed by atoms with E-state index >= 15 is 0 Å². The number of nitrogens with zero attached hydrogens (tertiary/aromatic N) is 2. The van der Waals surface area contributed by atoms with Gasteiger partial charge in [-0.3, -0.25) is 0 Å². The lowest BCUT2D eigenvalue weighted by Crippen LogP contribution is -2.15. The molecule has 0 radical (unpaired) electrons. The van der Waals surface area contributed by atoms with E-state index in [1.807, 2.05) is 19.9 Å². The van der Waals surface area contributed by atoms with Crippen LogP contribution in [0, 0.1) is 5.82 Å². The van der Waals surface area contributed by atoms with Crippen LogP contribution in [-0.4, -0.2) is 22.2 Å². The zero-order valence-corrected chi connectivity index (χ0v) is 17.7. The van der Waals surface area contributed by atoms with Gasteiger partial charge in [0.1, 0.15) is 10.4 Å². The van der Waals surface area contributed by atoms with Gasteiger partial charge in [-0.2, -0.15) is 5.10 Å². The molecule has 3 rings (SSSR count). The third-order valence-corrected chi connectivity index (χ3v) is 5.17. The molecular weight excluding hydrogens is 467 g/mol. The maximum atomic E-state index is 13.5. The van der Waals surface area contributed by atoms with Crippen LogP contribution >= 0.6 is 31.9 Å². The monoisotopic (exact) mass is 482 g/mol. The molecule has 0 aliphatic carbocycles. The van der Waals surface area contributed by atoms with Crippen molar-refractivity contribution in [3.8, 4) is 11.1 Å². The van der Waals surface area contributed by atoms with E-state index in [4.69, 9.17) is 4.74 Å². The number of halogens is 3. The minimum Gasteiger partial charge on any atom is -0.462 e. The standard InChI is InChI=1S/C19H17Br2FN2O2/c1-4-26-19(25)16-15(11-5-7-12(22)8-6-11)18-13(20)9-14(21)24(18)23-17(16)10(2)3/h5-10H,4H2,1-3H3. The van der Waals surface area contributed by atoms with Crippen LogP contribution in [0.15, 0.2) is 39.4 Å². The molecule has 2 aromatic heterocycles. The first kappa shape index (κ1) is 19.0. The quantitative estimate of drug-likeness (QED) is 0.429. The number of benzene rings is 1. The van der Waals surface area contributed by atoms with Gasteiger partial charge in [0.15, 0.2) is 0 Å². The van der Waals surface area contributed by atoms with Crippen LogP contribution in [0.4, 0.5) is 4.39 Å². The number of hydrogen-bond donors (Lipinski definition) is 0. The number of carbonyl (C=O) groups excluding carboxylic acids is 1. The van der Waals surface area contributed by atoms with Crippen LogP contribution in [0.3, 0.4) is 0 Å². The first-order chi connectivity index (χ1) is 12.3. The molecule has 0 saturated heterocycles. The molecule has 2 heterocycles. The van der Waals surface area contributed by atoms with Gasteiger partial charge < -0.3 is 4.74 Å². The van der Waals surface area contributed by atoms with Crippen LogP contribution in [0.2, 0.25) is 0 Å². The highest BCUT2D eigenvalue weighted by Crippen LogP contribution is 2.39. The van der Waals surface area contributed by atoms with Gasteiger partial charge in [-0.05, 0) is 68.5 Å². The molecule has 4 nitrogen and oxygen atoms in total. The van der Waals surface area contributed by atoms with Crippen molar-refractivity contribution in [2.75, 3.05) is 6.61 Å². The maximum Gasteiger partial charge on any atom is 0.340 e. The number of rotatable bonds is 4. The van der Waals surface area contributed by atoms with Gasteiger partial charge in [0.05, 0.1) is 23.4 Å². The first-order valence-electron chi connectivity index (χ1n) is 8.18. The summed E-state index contributed by atoms with van der Waals surface area (Å²) in [6.07, 6.45) is 0. The predicted octanol–water partition coefficient (Wildman–Crippen LogP) is 5.97.